The number of rotatable bonds is 12. The smallest absolute Gasteiger partial charge is 0.264 e. The first-order chi connectivity index (χ1) is 20.9. The van der Waals surface area contributed by atoms with Crippen molar-refractivity contribution in [3.63, 3.8) is 0 Å². The number of carbonyl (C=O) groups is 2. The van der Waals surface area contributed by atoms with Crippen molar-refractivity contribution in [1.29, 1.82) is 0 Å². The van der Waals surface area contributed by atoms with Gasteiger partial charge >= 0.3 is 0 Å². The van der Waals surface area contributed by atoms with Gasteiger partial charge in [0.25, 0.3) is 10.0 Å². The van der Waals surface area contributed by atoms with Gasteiger partial charge in [-0.25, -0.2) is 12.8 Å². The molecule has 0 aliphatic carbocycles. The van der Waals surface area contributed by atoms with Crippen LogP contribution in [0.1, 0.15) is 39.2 Å². The molecule has 1 heterocycles. The quantitative estimate of drug-likeness (QED) is 0.261. The molecule has 3 aromatic carbocycles. The Labute approximate surface area is 266 Å². The number of amides is 2. The fraction of sp³-hybridized carbons (Fsp3) is 0.355. The fourth-order valence-corrected chi connectivity index (χ4v) is 6.54. The summed E-state index contributed by atoms with van der Waals surface area (Å²) >= 11 is 12.5. The van der Waals surface area contributed by atoms with Gasteiger partial charge in [-0.3, -0.25) is 13.9 Å². The van der Waals surface area contributed by atoms with Crippen molar-refractivity contribution in [3.8, 4) is 11.5 Å². The minimum Gasteiger partial charge on any atom is -0.486 e. The summed E-state index contributed by atoms with van der Waals surface area (Å²) in [5, 5.41) is 3.59. The lowest BCUT2D eigenvalue weighted by atomic mass is 10.1. The molecule has 9 nitrogen and oxygen atoms in total. The van der Waals surface area contributed by atoms with Crippen LogP contribution in [0.2, 0.25) is 10.0 Å². The van der Waals surface area contributed by atoms with Gasteiger partial charge in [-0.2, -0.15) is 0 Å². The lowest BCUT2D eigenvalue weighted by molar-refractivity contribution is -0.140. The summed E-state index contributed by atoms with van der Waals surface area (Å²) in [6, 6.07) is 12.6. The highest BCUT2D eigenvalue weighted by atomic mass is 35.5. The predicted octanol–water partition coefficient (Wildman–Crippen LogP) is 5.82. The average molecular weight is 667 g/mol. The summed E-state index contributed by atoms with van der Waals surface area (Å²) in [5.74, 6) is -1.00. The average Bonchev–Trinajstić information content (AvgIpc) is 3.00. The monoisotopic (exact) mass is 665 g/mol. The zero-order valence-electron chi connectivity index (χ0n) is 24.6. The highest BCUT2D eigenvalue weighted by Gasteiger charge is 2.35. The van der Waals surface area contributed by atoms with Crippen molar-refractivity contribution in [2.45, 2.75) is 57.1 Å². The maximum Gasteiger partial charge on any atom is 0.264 e. The molecule has 0 saturated heterocycles. The maximum absolute atomic E-state index is 14.2. The summed E-state index contributed by atoms with van der Waals surface area (Å²) < 4.78 is 54.1. The van der Waals surface area contributed by atoms with E-state index in [1.54, 1.807) is 19.1 Å². The molecule has 44 heavy (non-hydrogen) atoms. The molecule has 0 bridgehead atoms. The van der Waals surface area contributed by atoms with E-state index in [1.807, 2.05) is 13.8 Å². The molecular formula is C31H34Cl2FN3O6S. The molecule has 0 fully saturated rings. The summed E-state index contributed by atoms with van der Waals surface area (Å²) in [6.07, 6.45) is 0.913. The molecule has 3 aromatic rings. The standard InChI is InChI=1S/C31H34Cl2FN3O6S/c1-4-20(3)35-31(39)27(5-2)36(18-21-6-7-22(32)16-26(21)33)30(38)19-37(24-10-8-23(34)9-11-24)44(40,41)25-12-13-28-29(17-25)43-15-14-42-28/h6-13,16-17,20,27H,4-5,14-15,18-19H2,1-3H3,(H,35,39). The molecule has 236 valence electrons. The number of hydrogen-bond acceptors (Lipinski definition) is 6. The first-order valence-corrected chi connectivity index (χ1v) is 16.4. The molecule has 0 spiro atoms. The highest BCUT2D eigenvalue weighted by Crippen LogP contribution is 2.34. The molecule has 1 aliphatic rings. The summed E-state index contributed by atoms with van der Waals surface area (Å²) in [4.78, 5) is 28.8. The number of benzene rings is 3. The summed E-state index contributed by atoms with van der Waals surface area (Å²) in [5.41, 5.74) is 0.568. The van der Waals surface area contributed by atoms with Crippen LogP contribution < -0.4 is 19.1 Å². The van der Waals surface area contributed by atoms with E-state index in [4.69, 9.17) is 32.7 Å². The lowest BCUT2D eigenvalue weighted by Gasteiger charge is -2.34. The Balaban J connectivity index is 1.76. The molecule has 1 N–H and O–H groups in total. The number of nitrogens with zero attached hydrogens (tertiary/aromatic N) is 2. The van der Waals surface area contributed by atoms with Gasteiger partial charge in [-0.1, -0.05) is 43.1 Å². The van der Waals surface area contributed by atoms with E-state index in [0.717, 1.165) is 16.4 Å². The summed E-state index contributed by atoms with van der Waals surface area (Å²) in [7, 11) is -4.41. The SMILES string of the molecule is CCC(C)NC(=O)C(CC)N(Cc1ccc(Cl)cc1Cl)C(=O)CN(c1ccc(F)cc1)S(=O)(=O)c1ccc2c(c1)OCCO2. The van der Waals surface area contributed by atoms with Crippen LogP contribution in [0, 0.1) is 5.82 Å². The van der Waals surface area contributed by atoms with E-state index < -0.39 is 34.3 Å². The highest BCUT2D eigenvalue weighted by molar-refractivity contribution is 7.92. The third kappa shape index (κ3) is 7.75. The molecular weight excluding hydrogens is 632 g/mol. The van der Waals surface area contributed by atoms with Gasteiger partial charge in [0.05, 0.1) is 10.6 Å². The van der Waals surface area contributed by atoms with Gasteiger partial charge in [0.15, 0.2) is 11.5 Å². The minimum atomic E-state index is -4.41. The Hall–Kier alpha value is -3.54. The lowest BCUT2D eigenvalue weighted by Crippen LogP contribution is -2.53. The second-order valence-electron chi connectivity index (χ2n) is 10.3. The Kier molecular flexibility index (Phi) is 11.0. The van der Waals surface area contributed by atoms with Gasteiger partial charge in [0.1, 0.15) is 31.6 Å². The van der Waals surface area contributed by atoms with Crippen LogP contribution in [0.3, 0.4) is 0 Å². The van der Waals surface area contributed by atoms with Crippen molar-refractivity contribution in [3.05, 3.63) is 82.1 Å². The van der Waals surface area contributed by atoms with Crippen molar-refractivity contribution < 1.29 is 31.9 Å². The van der Waals surface area contributed by atoms with E-state index in [2.05, 4.69) is 5.32 Å². The minimum absolute atomic E-state index is 0.0521. The van der Waals surface area contributed by atoms with E-state index in [9.17, 15) is 22.4 Å². The predicted molar refractivity (Wildman–Crippen MR) is 167 cm³/mol. The van der Waals surface area contributed by atoms with Crippen LogP contribution >= 0.6 is 23.2 Å². The third-order valence-electron chi connectivity index (χ3n) is 7.24. The number of ether oxygens (including phenoxy) is 2. The van der Waals surface area contributed by atoms with E-state index in [-0.39, 0.29) is 52.9 Å². The fourth-order valence-electron chi connectivity index (χ4n) is 4.64. The number of carbonyl (C=O) groups excluding carboxylic acids is 2. The van der Waals surface area contributed by atoms with Crippen molar-refractivity contribution in [1.82, 2.24) is 10.2 Å². The molecule has 4 rings (SSSR count). The number of nitrogens with one attached hydrogen (secondary N) is 1. The van der Waals surface area contributed by atoms with Gasteiger partial charge < -0.3 is 19.7 Å². The summed E-state index contributed by atoms with van der Waals surface area (Å²) in [6.45, 7) is 5.31. The van der Waals surface area contributed by atoms with E-state index in [1.165, 1.54) is 41.3 Å². The number of hydrogen-bond donors (Lipinski definition) is 1. The first kappa shape index (κ1) is 33.4. The Morgan fingerprint density at radius 3 is 2.27 bits per heavy atom. The van der Waals surface area contributed by atoms with Crippen molar-refractivity contribution >= 4 is 50.7 Å². The molecule has 1 aliphatic heterocycles. The number of halogens is 3. The maximum atomic E-state index is 14.2. The van der Waals surface area contributed by atoms with Crippen LogP contribution in [0.5, 0.6) is 11.5 Å². The zero-order valence-corrected chi connectivity index (χ0v) is 26.9. The van der Waals surface area contributed by atoms with E-state index >= 15 is 0 Å². The zero-order chi connectivity index (χ0) is 32.0. The Bertz CT molecular complexity index is 1610. The van der Waals surface area contributed by atoms with Crippen LogP contribution in [-0.4, -0.2) is 57.0 Å². The molecule has 0 aromatic heterocycles. The largest absolute Gasteiger partial charge is 0.486 e. The third-order valence-corrected chi connectivity index (χ3v) is 9.59. The molecule has 0 saturated carbocycles. The number of sulfonamides is 1. The Morgan fingerprint density at radius 2 is 1.64 bits per heavy atom. The normalized spacial score (nSPS) is 14.0. The Morgan fingerprint density at radius 1 is 0.955 bits per heavy atom. The van der Waals surface area contributed by atoms with Gasteiger partial charge in [-0.15, -0.1) is 0 Å². The number of fused-ring (bicyclic) bond motifs is 1. The van der Waals surface area contributed by atoms with E-state index in [0.29, 0.717) is 29.4 Å². The molecule has 0 radical (unpaired) electrons. The van der Waals surface area contributed by atoms with Gasteiger partial charge in [0.2, 0.25) is 11.8 Å². The van der Waals surface area contributed by atoms with Crippen LogP contribution in [0.4, 0.5) is 10.1 Å². The molecule has 13 heteroatoms. The van der Waals surface area contributed by atoms with Crippen molar-refractivity contribution in [2.24, 2.45) is 0 Å². The van der Waals surface area contributed by atoms with Crippen LogP contribution in [0.15, 0.2) is 65.6 Å². The second kappa shape index (κ2) is 14.5. The van der Waals surface area contributed by atoms with Crippen molar-refractivity contribution in [2.75, 3.05) is 24.1 Å². The topological polar surface area (TPSA) is 105 Å². The molecule has 2 amide bonds. The van der Waals surface area contributed by atoms with Crippen LogP contribution in [-0.2, 0) is 26.2 Å². The van der Waals surface area contributed by atoms with Gasteiger partial charge in [-0.05, 0) is 73.9 Å². The second-order valence-corrected chi connectivity index (χ2v) is 13.0. The first-order valence-electron chi connectivity index (χ1n) is 14.2. The molecule has 2 unspecified atom stereocenters. The van der Waals surface area contributed by atoms with Crippen LogP contribution in [0.25, 0.3) is 0 Å². The number of anilines is 1. The van der Waals surface area contributed by atoms with Gasteiger partial charge in [0, 0.05) is 28.7 Å². The molecule has 2 atom stereocenters.